The summed E-state index contributed by atoms with van der Waals surface area (Å²) in [6, 6.07) is 5.95. The molecule has 0 atom stereocenters. The van der Waals surface area contributed by atoms with Crippen molar-refractivity contribution >= 4 is 27.5 Å². The van der Waals surface area contributed by atoms with Crippen LogP contribution in [0.2, 0.25) is 0 Å². The number of primary amides is 1. The van der Waals surface area contributed by atoms with E-state index in [0.717, 1.165) is 16.0 Å². The number of rotatable bonds is 3. The van der Waals surface area contributed by atoms with Gasteiger partial charge in [-0.3, -0.25) is 14.2 Å². The van der Waals surface area contributed by atoms with E-state index < -0.39 is 5.91 Å². The van der Waals surface area contributed by atoms with Crippen molar-refractivity contribution in [1.29, 1.82) is 0 Å². The third-order valence-electron chi connectivity index (χ3n) is 3.63. The molecule has 2 N–H and O–H groups in total. The topological polar surface area (TPSA) is 78.0 Å². The molecule has 2 aromatic heterocycles. The summed E-state index contributed by atoms with van der Waals surface area (Å²) in [6.45, 7) is 3.33. The van der Waals surface area contributed by atoms with Gasteiger partial charge < -0.3 is 5.73 Å². The van der Waals surface area contributed by atoms with Crippen LogP contribution in [0.4, 0.5) is 4.39 Å². The van der Waals surface area contributed by atoms with Gasteiger partial charge >= 0.3 is 0 Å². The lowest BCUT2D eigenvalue weighted by Gasteiger charge is -2.08. The summed E-state index contributed by atoms with van der Waals surface area (Å²) in [5.74, 6) is -0.508. The molecule has 0 saturated heterocycles. The number of amides is 1. The van der Waals surface area contributed by atoms with Gasteiger partial charge in [0.1, 0.15) is 23.0 Å². The maximum absolute atomic E-state index is 13.2. The molecule has 1 aromatic carbocycles. The number of fused-ring (bicyclic) bond motifs is 1. The van der Waals surface area contributed by atoms with Crippen molar-refractivity contribution in [1.82, 2.24) is 9.55 Å². The van der Waals surface area contributed by atoms with Crippen LogP contribution in [0.25, 0.3) is 21.3 Å². The number of hydrogen-bond donors (Lipinski definition) is 1. The second-order valence-corrected chi connectivity index (χ2v) is 6.44. The highest BCUT2D eigenvalue weighted by molar-refractivity contribution is 7.19. The van der Waals surface area contributed by atoms with E-state index in [9.17, 15) is 14.0 Å². The van der Waals surface area contributed by atoms with Gasteiger partial charge in [0.2, 0.25) is 5.91 Å². The Kier molecular flexibility index (Phi) is 3.73. The van der Waals surface area contributed by atoms with Crippen LogP contribution >= 0.6 is 11.3 Å². The molecule has 0 unspecified atom stereocenters. The molecular formula is C16H14FN3O2S. The highest BCUT2D eigenvalue weighted by Gasteiger charge is 2.19. The fraction of sp³-hybridized carbons (Fsp3) is 0.188. The zero-order valence-corrected chi connectivity index (χ0v) is 13.4. The molecule has 7 heteroatoms. The molecule has 0 bridgehead atoms. The number of hydrogen-bond acceptors (Lipinski definition) is 4. The summed E-state index contributed by atoms with van der Waals surface area (Å²) in [5, 5.41) is 0.436. The Labute approximate surface area is 135 Å². The highest BCUT2D eigenvalue weighted by Crippen LogP contribution is 2.35. The van der Waals surface area contributed by atoms with Gasteiger partial charge in [0.25, 0.3) is 5.56 Å². The Hall–Kier alpha value is -2.54. The summed E-state index contributed by atoms with van der Waals surface area (Å²) in [5.41, 5.74) is 6.36. The number of thiophene rings is 1. The molecular weight excluding hydrogens is 317 g/mol. The van der Waals surface area contributed by atoms with Crippen LogP contribution in [0.1, 0.15) is 10.7 Å². The highest BCUT2D eigenvalue weighted by atomic mass is 32.1. The van der Waals surface area contributed by atoms with E-state index in [-0.39, 0.29) is 17.9 Å². The van der Waals surface area contributed by atoms with Crippen LogP contribution < -0.4 is 11.3 Å². The number of aryl methyl sites for hydroxylation is 2. The zero-order valence-electron chi connectivity index (χ0n) is 12.6. The normalized spacial score (nSPS) is 11.1. The van der Waals surface area contributed by atoms with E-state index in [1.807, 2.05) is 6.92 Å². The van der Waals surface area contributed by atoms with Crippen LogP contribution in [-0.2, 0) is 11.3 Å². The average molecular weight is 331 g/mol. The number of carbonyl (C=O) groups excluding carboxylic acids is 1. The van der Waals surface area contributed by atoms with Crippen LogP contribution in [0.3, 0.4) is 0 Å². The predicted molar refractivity (Wildman–Crippen MR) is 87.9 cm³/mol. The molecule has 0 fully saturated rings. The van der Waals surface area contributed by atoms with Crippen LogP contribution in [0.15, 0.2) is 29.1 Å². The fourth-order valence-corrected chi connectivity index (χ4v) is 3.68. The minimum atomic E-state index is -0.605. The number of nitrogens with two attached hydrogens (primary N) is 1. The Morgan fingerprint density at radius 3 is 2.57 bits per heavy atom. The molecule has 0 aliphatic carbocycles. The van der Waals surface area contributed by atoms with Crippen molar-refractivity contribution in [3.8, 4) is 11.1 Å². The van der Waals surface area contributed by atoms with Gasteiger partial charge in [0, 0.05) is 10.4 Å². The molecule has 0 spiro atoms. The smallest absolute Gasteiger partial charge is 0.263 e. The first-order valence-electron chi connectivity index (χ1n) is 6.93. The van der Waals surface area contributed by atoms with Gasteiger partial charge in [-0.1, -0.05) is 12.1 Å². The molecule has 5 nitrogen and oxygen atoms in total. The van der Waals surface area contributed by atoms with E-state index >= 15 is 0 Å². The minimum Gasteiger partial charge on any atom is -0.368 e. The summed E-state index contributed by atoms with van der Waals surface area (Å²) >= 11 is 1.40. The number of aromatic nitrogens is 2. The predicted octanol–water partition coefficient (Wildman–Crippen LogP) is 2.37. The molecule has 0 aliphatic rings. The molecule has 3 rings (SSSR count). The minimum absolute atomic E-state index is 0.217. The Balaban J connectivity index is 2.34. The largest absolute Gasteiger partial charge is 0.368 e. The molecule has 0 aliphatic heterocycles. The van der Waals surface area contributed by atoms with Crippen LogP contribution in [0, 0.1) is 19.7 Å². The van der Waals surface area contributed by atoms with Gasteiger partial charge in [0.05, 0.1) is 5.39 Å². The molecule has 23 heavy (non-hydrogen) atoms. The van der Waals surface area contributed by atoms with E-state index in [1.165, 1.54) is 28.0 Å². The Morgan fingerprint density at radius 2 is 1.96 bits per heavy atom. The Bertz CT molecular complexity index is 974. The van der Waals surface area contributed by atoms with Gasteiger partial charge in [-0.2, -0.15) is 0 Å². The van der Waals surface area contributed by atoms with Crippen molar-refractivity contribution in [2.24, 2.45) is 5.73 Å². The van der Waals surface area contributed by atoms with Crippen LogP contribution in [-0.4, -0.2) is 15.5 Å². The SMILES string of the molecule is Cc1sc2nc(C)n(CC(N)=O)c(=O)c2c1-c1ccc(F)cc1. The molecule has 2 heterocycles. The second-order valence-electron chi connectivity index (χ2n) is 5.24. The van der Waals surface area contributed by atoms with E-state index in [0.29, 0.717) is 16.0 Å². The maximum Gasteiger partial charge on any atom is 0.263 e. The fourth-order valence-electron chi connectivity index (χ4n) is 2.60. The second kappa shape index (κ2) is 5.58. The van der Waals surface area contributed by atoms with E-state index in [4.69, 9.17) is 5.73 Å². The lowest BCUT2D eigenvalue weighted by Crippen LogP contribution is -2.30. The zero-order chi connectivity index (χ0) is 16.7. The molecule has 1 amide bonds. The molecule has 3 aromatic rings. The third-order valence-corrected chi connectivity index (χ3v) is 4.62. The van der Waals surface area contributed by atoms with Crippen molar-refractivity contribution in [3.05, 3.63) is 51.1 Å². The number of carbonyl (C=O) groups is 1. The van der Waals surface area contributed by atoms with Gasteiger partial charge in [-0.15, -0.1) is 11.3 Å². The van der Waals surface area contributed by atoms with Crippen LogP contribution in [0.5, 0.6) is 0 Å². The van der Waals surface area contributed by atoms with Crippen molar-refractivity contribution in [2.45, 2.75) is 20.4 Å². The first-order chi connectivity index (χ1) is 10.9. The lowest BCUT2D eigenvalue weighted by atomic mass is 10.0. The van der Waals surface area contributed by atoms with E-state index in [1.54, 1.807) is 19.1 Å². The number of benzene rings is 1. The molecule has 0 saturated carbocycles. The summed E-state index contributed by atoms with van der Waals surface area (Å²) in [7, 11) is 0. The first kappa shape index (κ1) is 15.4. The third kappa shape index (κ3) is 2.63. The quantitative estimate of drug-likeness (QED) is 0.800. The van der Waals surface area contributed by atoms with Gasteiger partial charge in [-0.25, -0.2) is 9.37 Å². The van der Waals surface area contributed by atoms with Gasteiger partial charge in [0.15, 0.2) is 0 Å². The number of nitrogens with zero attached hydrogens (tertiary/aromatic N) is 2. The summed E-state index contributed by atoms with van der Waals surface area (Å²) in [4.78, 5) is 29.9. The molecule has 118 valence electrons. The Morgan fingerprint density at radius 1 is 1.30 bits per heavy atom. The summed E-state index contributed by atoms with van der Waals surface area (Å²) < 4.78 is 14.4. The van der Waals surface area contributed by atoms with Crippen molar-refractivity contribution in [2.75, 3.05) is 0 Å². The van der Waals surface area contributed by atoms with Gasteiger partial charge in [-0.05, 0) is 31.5 Å². The average Bonchev–Trinajstić information content (AvgIpc) is 2.80. The lowest BCUT2D eigenvalue weighted by molar-refractivity contribution is -0.118. The molecule has 0 radical (unpaired) electrons. The number of halogens is 1. The maximum atomic E-state index is 13.2. The monoisotopic (exact) mass is 331 g/mol. The first-order valence-corrected chi connectivity index (χ1v) is 7.75. The van der Waals surface area contributed by atoms with Crippen molar-refractivity contribution in [3.63, 3.8) is 0 Å². The van der Waals surface area contributed by atoms with Crippen molar-refractivity contribution < 1.29 is 9.18 Å². The standard InChI is InChI=1S/C16H14FN3O2S/c1-8-13(10-3-5-11(17)6-4-10)14-15(23-8)19-9(2)20(16(14)22)7-12(18)21/h3-6H,7H2,1-2H3,(H2,18,21). The summed E-state index contributed by atoms with van der Waals surface area (Å²) in [6.07, 6.45) is 0. The van der Waals surface area contributed by atoms with E-state index in [2.05, 4.69) is 4.98 Å².